The number of likely N-dealkylation sites (N-methyl/N-ethyl adjacent to an activating group) is 1. The Morgan fingerprint density at radius 2 is 2.05 bits per heavy atom. The third-order valence-corrected chi connectivity index (χ3v) is 5.52. The van der Waals surface area contributed by atoms with E-state index in [0.717, 1.165) is 37.3 Å². The molecule has 1 saturated heterocycles. The molecule has 4 rings (SSSR count). The Balaban J connectivity index is 1.69. The van der Waals surface area contributed by atoms with Crippen molar-refractivity contribution in [2.75, 3.05) is 33.2 Å². The van der Waals surface area contributed by atoms with Crippen molar-refractivity contribution in [1.29, 1.82) is 0 Å². The summed E-state index contributed by atoms with van der Waals surface area (Å²) >= 11 is 0. The molecule has 21 heavy (non-hydrogen) atoms. The van der Waals surface area contributed by atoms with E-state index in [9.17, 15) is 0 Å². The third kappa shape index (κ3) is 2.22. The summed E-state index contributed by atoms with van der Waals surface area (Å²) < 4.78 is 4.97. The molecule has 1 aromatic heterocycles. The molecule has 1 unspecified atom stereocenters. The van der Waals surface area contributed by atoms with Crippen LogP contribution in [0, 0.1) is 0 Å². The third-order valence-electron chi connectivity index (χ3n) is 3.85. The first-order chi connectivity index (χ1) is 10.3. The summed E-state index contributed by atoms with van der Waals surface area (Å²) in [6.45, 7) is 4.20. The van der Waals surface area contributed by atoms with Gasteiger partial charge in [0.15, 0.2) is 5.16 Å². The van der Waals surface area contributed by atoms with Crippen molar-refractivity contribution in [3.63, 3.8) is 0 Å². The predicted octanol–water partition coefficient (Wildman–Crippen LogP) is 1.08. The number of nitrogens with zero attached hydrogens (tertiary/aromatic N) is 5. The van der Waals surface area contributed by atoms with E-state index in [0.29, 0.717) is 0 Å². The van der Waals surface area contributed by atoms with Crippen molar-refractivity contribution in [3.05, 3.63) is 36.8 Å². The molecule has 1 N–H and O–H groups in total. The van der Waals surface area contributed by atoms with Gasteiger partial charge in [0.25, 0.3) is 0 Å². The van der Waals surface area contributed by atoms with Crippen molar-refractivity contribution < 1.29 is 0 Å². The van der Waals surface area contributed by atoms with Crippen LogP contribution < -0.4 is 0 Å². The van der Waals surface area contributed by atoms with Crippen molar-refractivity contribution >= 4 is 21.6 Å². The van der Waals surface area contributed by atoms with Gasteiger partial charge in [0.05, 0.1) is 0 Å². The average Bonchev–Trinajstić information content (AvgIpc) is 3.15. The molecule has 1 aromatic rings. The van der Waals surface area contributed by atoms with Crippen LogP contribution in [0.4, 0.5) is 0 Å². The highest BCUT2D eigenvalue weighted by Crippen LogP contribution is 2.35. The van der Waals surface area contributed by atoms with Crippen LogP contribution in [0.5, 0.6) is 0 Å². The monoisotopic (exact) mass is 302 g/mol. The summed E-state index contributed by atoms with van der Waals surface area (Å²) in [5, 5.41) is 0.930. The Morgan fingerprint density at radius 3 is 2.81 bits per heavy atom. The molecule has 0 spiro atoms. The fourth-order valence-electron chi connectivity index (χ4n) is 2.64. The van der Waals surface area contributed by atoms with Crippen molar-refractivity contribution in [1.82, 2.24) is 24.7 Å². The largest absolute Gasteiger partial charge is 0.339 e. The number of fused-ring (bicyclic) bond motifs is 1. The SMILES string of the molecule is CN1CCN(C2=NS(c3ncc[nH]3)=C3C=CC=CN23)CC1. The molecule has 0 bridgehead atoms. The number of rotatable bonds is 1. The number of allylic oxidation sites excluding steroid dienone is 2. The molecule has 4 heterocycles. The number of guanidine groups is 1. The normalized spacial score (nSPS) is 25.5. The van der Waals surface area contributed by atoms with E-state index in [4.69, 9.17) is 4.40 Å². The number of H-pyrrole nitrogens is 1. The van der Waals surface area contributed by atoms with E-state index in [-0.39, 0.29) is 10.7 Å². The maximum absolute atomic E-state index is 4.97. The van der Waals surface area contributed by atoms with Crippen LogP contribution >= 0.6 is 10.7 Å². The minimum Gasteiger partial charge on any atom is -0.339 e. The van der Waals surface area contributed by atoms with Crippen LogP contribution in [-0.2, 0) is 0 Å². The van der Waals surface area contributed by atoms with Crippen LogP contribution in [0.25, 0.3) is 0 Å². The first-order valence-corrected chi connectivity index (χ1v) is 8.28. The summed E-state index contributed by atoms with van der Waals surface area (Å²) in [4.78, 5) is 15.7. The molecular weight excluding hydrogens is 284 g/mol. The standard InChI is InChI=1S/C14H18N6S/c1-18-8-10-19(11-9-18)14-17-21(13-15-5-6-16-13)12-4-2-3-7-20(12)14/h2-7H,8-11H2,1H3,(H,15,16). The van der Waals surface area contributed by atoms with E-state index < -0.39 is 0 Å². The van der Waals surface area contributed by atoms with Gasteiger partial charge in [-0.3, -0.25) is 4.90 Å². The molecule has 1 fully saturated rings. The highest BCUT2D eigenvalue weighted by atomic mass is 32.2. The number of aromatic nitrogens is 2. The maximum atomic E-state index is 4.97. The fourth-order valence-corrected chi connectivity index (χ4v) is 4.26. The molecule has 3 aliphatic heterocycles. The Labute approximate surface area is 126 Å². The van der Waals surface area contributed by atoms with Gasteiger partial charge in [0.1, 0.15) is 4.99 Å². The van der Waals surface area contributed by atoms with E-state index in [1.54, 1.807) is 6.20 Å². The second-order valence-corrected chi connectivity index (χ2v) is 6.83. The van der Waals surface area contributed by atoms with Gasteiger partial charge in [-0.05, 0) is 19.2 Å². The summed E-state index contributed by atoms with van der Waals surface area (Å²) in [5.74, 6) is 1.05. The van der Waals surface area contributed by atoms with Crippen molar-refractivity contribution in [2.24, 2.45) is 4.40 Å². The molecule has 6 nitrogen and oxygen atoms in total. The highest BCUT2D eigenvalue weighted by molar-refractivity contribution is 8.15. The van der Waals surface area contributed by atoms with Gasteiger partial charge in [-0.1, -0.05) is 6.08 Å². The summed E-state index contributed by atoms with van der Waals surface area (Å²) in [6, 6.07) is 0. The first-order valence-electron chi connectivity index (χ1n) is 7.10. The second-order valence-electron chi connectivity index (χ2n) is 5.27. The lowest BCUT2D eigenvalue weighted by atomic mass is 10.3. The lowest BCUT2D eigenvalue weighted by Crippen LogP contribution is -2.51. The number of nitrogens with one attached hydrogen (secondary N) is 1. The average molecular weight is 302 g/mol. The maximum Gasteiger partial charge on any atom is 0.217 e. The quantitative estimate of drug-likeness (QED) is 0.789. The number of imidazole rings is 1. The Morgan fingerprint density at radius 1 is 1.19 bits per heavy atom. The van der Waals surface area contributed by atoms with E-state index in [2.05, 4.69) is 56.1 Å². The van der Waals surface area contributed by atoms with Gasteiger partial charge in [-0.2, -0.15) is 4.40 Å². The molecule has 0 saturated carbocycles. The van der Waals surface area contributed by atoms with Gasteiger partial charge >= 0.3 is 0 Å². The fraction of sp³-hybridized carbons (Fsp3) is 0.357. The molecular formula is C14H18N6S. The second kappa shape index (κ2) is 5.16. The number of hydrogen-bond donors (Lipinski definition) is 1. The molecule has 7 heteroatoms. The summed E-state index contributed by atoms with van der Waals surface area (Å²) in [5.41, 5.74) is 0. The molecule has 110 valence electrons. The lowest BCUT2D eigenvalue weighted by molar-refractivity contribution is 0.208. The van der Waals surface area contributed by atoms with E-state index in [1.165, 1.54) is 4.99 Å². The van der Waals surface area contributed by atoms with Crippen molar-refractivity contribution in [3.8, 4) is 0 Å². The number of hydrogen-bond acceptors (Lipinski definition) is 5. The van der Waals surface area contributed by atoms with Gasteiger partial charge in [-0.15, -0.1) is 0 Å². The van der Waals surface area contributed by atoms with Gasteiger partial charge in [0.2, 0.25) is 5.96 Å². The smallest absolute Gasteiger partial charge is 0.217 e. The van der Waals surface area contributed by atoms with E-state index in [1.807, 2.05) is 6.20 Å². The zero-order chi connectivity index (χ0) is 14.2. The summed E-state index contributed by atoms with van der Waals surface area (Å²) in [6.07, 6.45) is 12.0. The zero-order valence-corrected chi connectivity index (χ0v) is 12.8. The predicted molar refractivity (Wildman–Crippen MR) is 86.1 cm³/mol. The Hall–Kier alpha value is -1.86. The van der Waals surface area contributed by atoms with Gasteiger partial charge in [0, 0.05) is 55.4 Å². The van der Waals surface area contributed by atoms with E-state index >= 15 is 0 Å². The highest BCUT2D eigenvalue weighted by Gasteiger charge is 2.31. The van der Waals surface area contributed by atoms with Crippen LogP contribution in [0.15, 0.2) is 46.4 Å². The van der Waals surface area contributed by atoms with Crippen LogP contribution in [0.3, 0.4) is 0 Å². The van der Waals surface area contributed by atoms with Crippen LogP contribution in [0.1, 0.15) is 0 Å². The molecule has 3 aliphatic rings. The minimum absolute atomic E-state index is 0.346. The summed E-state index contributed by atoms with van der Waals surface area (Å²) in [7, 11) is 1.82. The molecule has 1 atom stereocenters. The minimum atomic E-state index is -0.346. The Kier molecular flexibility index (Phi) is 3.16. The zero-order valence-electron chi connectivity index (χ0n) is 11.9. The molecule has 0 aromatic carbocycles. The molecule has 0 radical (unpaired) electrons. The first kappa shape index (κ1) is 12.8. The lowest BCUT2D eigenvalue weighted by Gasteiger charge is -2.36. The number of aromatic amines is 1. The van der Waals surface area contributed by atoms with Crippen molar-refractivity contribution in [2.45, 2.75) is 5.16 Å². The number of piperazine rings is 1. The molecule has 0 amide bonds. The van der Waals surface area contributed by atoms with Crippen LogP contribution in [0.2, 0.25) is 0 Å². The molecule has 0 aliphatic carbocycles. The van der Waals surface area contributed by atoms with Gasteiger partial charge in [-0.25, -0.2) is 4.98 Å². The Bertz CT molecular complexity index is 649. The topological polar surface area (TPSA) is 50.8 Å². The van der Waals surface area contributed by atoms with Crippen LogP contribution in [-0.4, -0.2) is 68.8 Å². The van der Waals surface area contributed by atoms with Gasteiger partial charge < -0.3 is 14.8 Å².